The molecule has 15 heteroatoms. The smallest absolute Gasteiger partial charge is 0.304 e. The summed E-state index contributed by atoms with van der Waals surface area (Å²) in [6, 6.07) is 1.21. The Balaban J connectivity index is 2.22. The molecule has 1 aromatic rings. The quantitative estimate of drug-likeness (QED) is 0.154. The first kappa shape index (κ1) is 24.1. The minimum absolute atomic E-state index is 0.0242. The lowest BCUT2D eigenvalue weighted by molar-refractivity contribution is -0.137. The van der Waals surface area contributed by atoms with Crippen molar-refractivity contribution in [2.45, 2.75) is 39.3 Å². The van der Waals surface area contributed by atoms with Gasteiger partial charge in [0.15, 0.2) is 12.2 Å². The van der Waals surface area contributed by atoms with Gasteiger partial charge >= 0.3 is 5.97 Å². The van der Waals surface area contributed by atoms with Crippen LogP contribution >= 0.6 is 0 Å². The van der Waals surface area contributed by atoms with E-state index in [1.807, 2.05) is 0 Å². The van der Waals surface area contributed by atoms with E-state index in [1.54, 1.807) is 13.8 Å². The van der Waals surface area contributed by atoms with Crippen molar-refractivity contribution in [1.29, 1.82) is 0 Å². The molecule has 0 aromatic carbocycles. The van der Waals surface area contributed by atoms with Crippen molar-refractivity contribution in [2.75, 3.05) is 30.5 Å². The zero-order valence-electron chi connectivity index (χ0n) is 17.1. The maximum absolute atomic E-state index is 12.7. The van der Waals surface area contributed by atoms with Gasteiger partial charge in [-0.05, 0) is 18.5 Å². The first-order valence-electron chi connectivity index (χ1n) is 9.55. The zero-order valence-corrected chi connectivity index (χ0v) is 18.0. The summed E-state index contributed by atoms with van der Waals surface area (Å²) < 4.78 is 36.8. The predicted octanol–water partition coefficient (Wildman–Crippen LogP) is -0.173. The van der Waals surface area contributed by atoms with Gasteiger partial charge < -0.3 is 25.0 Å². The highest BCUT2D eigenvalue weighted by molar-refractivity contribution is 7.89. The van der Waals surface area contributed by atoms with Crippen LogP contribution in [0, 0.1) is 0 Å². The number of rotatable bonds is 13. The predicted molar refractivity (Wildman–Crippen MR) is 108 cm³/mol. The van der Waals surface area contributed by atoms with Crippen LogP contribution in [0.25, 0.3) is 0 Å². The van der Waals surface area contributed by atoms with Crippen molar-refractivity contribution >= 4 is 33.9 Å². The number of sulfonamides is 1. The van der Waals surface area contributed by atoms with Crippen molar-refractivity contribution in [3.8, 4) is 5.88 Å². The number of carboxylic acid groups (broad SMARTS) is 1. The molecule has 3 N–H and O–H groups in total. The number of aromatic nitrogens is 1. The van der Waals surface area contributed by atoms with E-state index in [1.165, 1.54) is 12.1 Å². The number of ether oxygens (including phenoxy) is 1. The highest BCUT2D eigenvalue weighted by Gasteiger charge is 2.32. The van der Waals surface area contributed by atoms with Crippen LogP contribution in [0.4, 0.5) is 5.88 Å². The Hall–Kier alpha value is -3.16. The molecule has 0 radical (unpaired) electrons. The van der Waals surface area contributed by atoms with Crippen LogP contribution in [0.1, 0.15) is 33.1 Å². The number of carboxylic acids is 1. The van der Waals surface area contributed by atoms with Gasteiger partial charge in [-0.25, -0.2) is 13.2 Å². The van der Waals surface area contributed by atoms with Crippen LogP contribution in [0.5, 0.6) is 5.88 Å². The third-order valence-electron chi connectivity index (χ3n) is 3.93. The number of nitrogens with one attached hydrogen (secondary N) is 2. The summed E-state index contributed by atoms with van der Waals surface area (Å²) in [6.07, 6.45) is 1.07. The van der Waals surface area contributed by atoms with Crippen LogP contribution in [0.3, 0.4) is 0 Å². The molecule has 1 aliphatic rings. The van der Waals surface area contributed by atoms with Gasteiger partial charge in [0.1, 0.15) is 0 Å². The minimum Gasteiger partial charge on any atom is -0.481 e. The molecule has 2 heterocycles. The average Bonchev–Trinajstić information content (AvgIpc) is 3.37. The Kier molecular flexibility index (Phi) is 8.78. The highest BCUT2D eigenvalue weighted by atomic mass is 32.2. The number of isocyanates is 1. The first-order chi connectivity index (χ1) is 14.8. The fourth-order valence-electron chi connectivity index (χ4n) is 2.52. The van der Waals surface area contributed by atoms with Gasteiger partial charge in [0.25, 0.3) is 17.8 Å². The van der Waals surface area contributed by atoms with E-state index < -0.39 is 35.2 Å². The summed E-state index contributed by atoms with van der Waals surface area (Å²) in [4.78, 5) is 26.1. The molecular formula is C16H25N7O7S. The second-order valence-electron chi connectivity index (χ2n) is 6.40. The first-order valence-corrected chi connectivity index (χ1v) is 11.2. The monoisotopic (exact) mass is 459 g/mol. The van der Waals surface area contributed by atoms with E-state index in [4.69, 9.17) is 14.4 Å². The van der Waals surface area contributed by atoms with Gasteiger partial charge in [0.2, 0.25) is 10.0 Å². The molecule has 2 rings (SSSR count). The lowest BCUT2D eigenvalue weighted by Crippen LogP contribution is -2.45. The molecule has 0 saturated heterocycles. The maximum Gasteiger partial charge on any atom is 0.304 e. The third-order valence-corrected chi connectivity index (χ3v) is 5.71. The summed E-state index contributed by atoms with van der Waals surface area (Å²) in [5, 5.41) is 22.6. The molecule has 1 unspecified atom stereocenters. The molecule has 0 aliphatic carbocycles. The van der Waals surface area contributed by atoms with Crippen molar-refractivity contribution in [2.24, 2.45) is 10.1 Å². The number of hydrogen-bond acceptors (Lipinski definition) is 12. The minimum atomic E-state index is -4.02. The summed E-state index contributed by atoms with van der Waals surface area (Å²) in [5.41, 5.74) is 0. The molecular weight excluding hydrogens is 434 g/mol. The Morgan fingerprint density at radius 3 is 2.94 bits per heavy atom. The van der Waals surface area contributed by atoms with Crippen molar-refractivity contribution in [3.05, 3.63) is 6.07 Å². The average molecular weight is 459 g/mol. The standard InChI is InChI=1S/C16H25N7O7S/c1-3-4-9-31(27,28)22(8-5-15(25)26)23(19-11-24)14-10-13(21-30-14)29-12(2)20-16-17-6-7-18-16/h10,12H,3-9H2,1-2H3,(H,25,26)(H2,17,18,20). The number of carbonyl (C=O) groups excluding carboxylic acids is 1. The molecule has 1 aliphatic heterocycles. The second-order valence-corrected chi connectivity index (χ2v) is 8.40. The molecule has 172 valence electrons. The van der Waals surface area contributed by atoms with Crippen LogP contribution in [0.2, 0.25) is 0 Å². The summed E-state index contributed by atoms with van der Waals surface area (Å²) >= 11 is 0. The molecule has 0 fully saturated rings. The second kappa shape index (κ2) is 11.3. The van der Waals surface area contributed by atoms with Crippen molar-refractivity contribution in [1.82, 2.24) is 20.2 Å². The molecule has 31 heavy (non-hydrogen) atoms. The lowest BCUT2D eigenvalue weighted by Gasteiger charge is -2.27. The van der Waals surface area contributed by atoms with Crippen LogP contribution in [0.15, 0.2) is 20.7 Å². The Bertz CT molecular complexity index is 926. The molecule has 1 atom stereocenters. The fourth-order valence-corrected chi connectivity index (χ4v) is 4.11. The van der Waals surface area contributed by atoms with E-state index in [0.29, 0.717) is 41.4 Å². The lowest BCUT2D eigenvalue weighted by atomic mass is 10.4. The normalized spacial score (nSPS) is 14.4. The summed E-state index contributed by atoms with van der Waals surface area (Å²) in [5.74, 6) is -1.24. The molecule has 0 amide bonds. The summed E-state index contributed by atoms with van der Waals surface area (Å²) in [6.45, 7) is 4.36. The number of aliphatic imine (C=N–C) groups is 1. The molecule has 0 saturated carbocycles. The van der Waals surface area contributed by atoms with Gasteiger partial charge in [-0.3, -0.25) is 9.79 Å². The Labute approximate surface area is 178 Å². The van der Waals surface area contributed by atoms with E-state index in [2.05, 4.69) is 25.9 Å². The van der Waals surface area contributed by atoms with Gasteiger partial charge in [0, 0.05) is 13.1 Å². The number of hydrogen-bond donors (Lipinski definition) is 3. The SMILES string of the molecule is CCCCS(=O)(=O)N(CCC(=O)O)N(N=C=O)c1cc(OC(C)NC2=NCCN2)no1. The van der Waals surface area contributed by atoms with Crippen LogP contribution < -0.4 is 20.5 Å². The van der Waals surface area contributed by atoms with Crippen molar-refractivity contribution in [3.63, 3.8) is 0 Å². The molecule has 0 bridgehead atoms. The van der Waals surface area contributed by atoms with Crippen molar-refractivity contribution < 1.29 is 32.4 Å². The van der Waals surface area contributed by atoms with E-state index in [9.17, 15) is 18.0 Å². The topological polar surface area (TPSA) is 179 Å². The Morgan fingerprint density at radius 1 is 1.55 bits per heavy atom. The largest absolute Gasteiger partial charge is 0.481 e. The molecule has 14 nitrogen and oxygen atoms in total. The number of hydrazone groups is 1. The maximum atomic E-state index is 12.7. The van der Waals surface area contributed by atoms with Crippen LogP contribution in [-0.2, 0) is 19.6 Å². The number of nitrogens with zero attached hydrogens (tertiary/aromatic N) is 5. The third kappa shape index (κ3) is 7.24. The van der Waals surface area contributed by atoms with Gasteiger partial charge in [-0.2, -0.15) is 0 Å². The van der Waals surface area contributed by atoms with E-state index >= 15 is 0 Å². The number of aliphatic carboxylic acids is 1. The number of unbranched alkanes of at least 4 members (excludes halogenated alkanes) is 1. The van der Waals surface area contributed by atoms with Crippen LogP contribution in [-0.4, -0.2) is 72.7 Å². The molecule has 1 aromatic heterocycles. The van der Waals surface area contributed by atoms with Gasteiger partial charge in [-0.1, -0.05) is 22.9 Å². The Morgan fingerprint density at radius 2 is 2.32 bits per heavy atom. The molecule has 0 spiro atoms. The fraction of sp³-hybridized carbons (Fsp3) is 0.625. The zero-order chi connectivity index (χ0) is 22.9. The van der Waals surface area contributed by atoms with E-state index in [-0.39, 0.29) is 17.5 Å². The van der Waals surface area contributed by atoms with Gasteiger partial charge in [-0.15, -0.1) is 5.12 Å². The number of guanidine groups is 1. The highest BCUT2D eigenvalue weighted by Crippen LogP contribution is 2.25. The number of anilines is 1. The number of hydrazine groups is 1. The number of carbonyl (C=O) groups is 1. The summed E-state index contributed by atoms with van der Waals surface area (Å²) in [7, 11) is -4.02. The van der Waals surface area contributed by atoms with Gasteiger partial charge in [0.05, 0.1) is 24.8 Å². The van der Waals surface area contributed by atoms with E-state index in [0.717, 1.165) is 0 Å².